The van der Waals surface area contributed by atoms with Gasteiger partial charge in [0.1, 0.15) is 0 Å². The van der Waals surface area contributed by atoms with Crippen molar-refractivity contribution in [2.75, 3.05) is 13.6 Å². The van der Waals surface area contributed by atoms with Gasteiger partial charge < -0.3 is 11.7 Å². The Morgan fingerprint density at radius 2 is 2.27 bits per heavy atom. The minimum Gasteiger partial charge on any atom is -0.665 e. The minimum atomic E-state index is 0. The van der Waals surface area contributed by atoms with E-state index in [1.54, 1.807) is 0 Å². The van der Waals surface area contributed by atoms with Gasteiger partial charge in [-0.25, -0.2) is 0 Å². The van der Waals surface area contributed by atoms with Crippen molar-refractivity contribution in [2.24, 2.45) is 5.92 Å². The molecular formula is C9H17NY-2. The van der Waals surface area contributed by atoms with Crippen LogP contribution in [0.4, 0.5) is 0 Å². The first-order valence-corrected chi connectivity index (χ1v) is 4.32. The zero-order valence-electron chi connectivity index (χ0n) is 7.42. The Bertz CT molecular complexity index is 79.6. The molecule has 1 aliphatic carbocycles. The van der Waals surface area contributed by atoms with Crippen LogP contribution in [0.1, 0.15) is 32.1 Å². The molecule has 0 aromatic heterocycles. The van der Waals surface area contributed by atoms with Crippen LogP contribution in [0, 0.1) is 12.3 Å². The molecule has 0 N–H and O–H groups in total. The maximum absolute atomic E-state index is 4.11. The van der Waals surface area contributed by atoms with Gasteiger partial charge in [-0.3, -0.25) is 0 Å². The second kappa shape index (κ2) is 7.70. The van der Waals surface area contributed by atoms with Crippen LogP contribution in [-0.4, -0.2) is 13.6 Å². The number of rotatable bonds is 3. The van der Waals surface area contributed by atoms with Crippen LogP contribution < -0.4 is 0 Å². The van der Waals surface area contributed by atoms with E-state index in [9.17, 15) is 0 Å². The summed E-state index contributed by atoms with van der Waals surface area (Å²) in [5, 5.41) is 4.11. The van der Waals surface area contributed by atoms with Gasteiger partial charge in [0.25, 0.3) is 0 Å². The summed E-state index contributed by atoms with van der Waals surface area (Å²) in [6.45, 7) is 1.06. The van der Waals surface area contributed by atoms with E-state index in [0.29, 0.717) is 0 Å². The van der Waals surface area contributed by atoms with Crippen molar-refractivity contribution in [2.45, 2.75) is 32.1 Å². The van der Waals surface area contributed by atoms with E-state index in [1.807, 2.05) is 7.05 Å². The summed E-state index contributed by atoms with van der Waals surface area (Å²) in [6.07, 6.45) is 9.37. The zero-order valence-corrected chi connectivity index (χ0v) is 10.3. The average molecular weight is 228 g/mol. The Morgan fingerprint density at radius 3 is 2.82 bits per heavy atom. The van der Waals surface area contributed by atoms with E-state index in [4.69, 9.17) is 0 Å². The summed E-state index contributed by atoms with van der Waals surface area (Å²) in [6, 6.07) is 0. The summed E-state index contributed by atoms with van der Waals surface area (Å²) in [5.74, 6) is 0.887. The fourth-order valence-corrected chi connectivity index (χ4v) is 1.58. The smallest absolute Gasteiger partial charge is 0 e. The van der Waals surface area contributed by atoms with Crippen molar-refractivity contribution < 1.29 is 32.7 Å². The molecule has 0 heterocycles. The number of hydrogen-bond acceptors (Lipinski definition) is 0. The molecule has 1 rings (SSSR count). The van der Waals surface area contributed by atoms with Gasteiger partial charge >= 0.3 is 0 Å². The van der Waals surface area contributed by atoms with E-state index >= 15 is 0 Å². The molecule has 1 radical (unpaired) electrons. The van der Waals surface area contributed by atoms with Crippen LogP contribution in [0.2, 0.25) is 0 Å². The molecule has 1 nitrogen and oxygen atoms in total. The second-order valence-electron chi connectivity index (χ2n) is 3.11. The Hall–Kier alpha value is 1.06. The van der Waals surface area contributed by atoms with Crippen LogP contribution in [0.15, 0.2) is 0 Å². The average Bonchev–Trinajstić information content (AvgIpc) is 2.03. The summed E-state index contributed by atoms with van der Waals surface area (Å²) >= 11 is 0. The van der Waals surface area contributed by atoms with Gasteiger partial charge in [0.2, 0.25) is 0 Å². The Balaban J connectivity index is 0.000001000. The van der Waals surface area contributed by atoms with Gasteiger partial charge in [0.15, 0.2) is 0 Å². The first-order valence-electron chi connectivity index (χ1n) is 4.32. The first-order chi connectivity index (χ1) is 4.93. The van der Waals surface area contributed by atoms with Crippen LogP contribution in [0.25, 0.3) is 5.32 Å². The van der Waals surface area contributed by atoms with Crippen molar-refractivity contribution in [1.29, 1.82) is 0 Å². The molecule has 63 valence electrons. The molecule has 0 amide bonds. The van der Waals surface area contributed by atoms with Gasteiger partial charge in [-0.05, 0) is 0 Å². The Labute approximate surface area is 95.6 Å². The van der Waals surface area contributed by atoms with E-state index < -0.39 is 0 Å². The SMILES string of the molecule is C[N-]CCC1[CH-]CCCC1.[Y]. The van der Waals surface area contributed by atoms with Crippen molar-refractivity contribution in [1.82, 2.24) is 0 Å². The Kier molecular flexibility index (Phi) is 8.44. The molecule has 0 bridgehead atoms. The third kappa shape index (κ3) is 5.33. The number of hydrogen-bond donors (Lipinski definition) is 0. The molecule has 0 aromatic carbocycles. The van der Waals surface area contributed by atoms with Gasteiger partial charge in [-0.2, -0.15) is 25.9 Å². The molecule has 0 saturated heterocycles. The molecule has 1 aliphatic rings. The molecule has 1 atom stereocenters. The summed E-state index contributed by atoms with van der Waals surface area (Å²) < 4.78 is 0. The largest absolute Gasteiger partial charge is 0.665 e. The summed E-state index contributed by atoms with van der Waals surface area (Å²) in [5.41, 5.74) is 0. The Morgan fingerprint density at radius 1 is 1.45 bits per heavy atom. The van der Waals surface area contributed by atoms with Crippen molar-refractivity contribution >= 4 is 0 Å². The van der Waals surface area contributed by atoms with Crippen molar-refractivity contribution in [3.05, 3.63) is 11.7 Å². The van der Waals surface area contributed by atoms with Crippen LogP contribution in [0.3, 0.4) is 0 Å². The predicted octanol–water partition coefficient (Wildman–Crippen LogP) is 2.77. The first kappa shape index (κ1) is 12.1. The molecule has 11 heavy (non-hydrogen) atoms. The molecule has 0 aliphatic heterocycles. The minimum absolute atomic E-state index is 0. The monoisotopic (exact) mass is 228 g/mol. The molecule has 0 aromatic rings. The molecular weight excluding hydrogens is 211 g/mol. The maximum atomic E-state index is 4.11. The van der Waals surface area contributed by atoms with Crippen LogP contribution in [-0.2, 0) is 32.7 Å². The molecule has 2 heteroatoms. The predicted molar refractivity (Wildman–Crippen MR) is 45.0 cm³/mol. The third-order valence-electron chi connectivity index (χ3n) is 2.25. The van der Waals surface area contributed by atoms with Crippen molar-refractivity contribution in [3.63, 3.8) is 0 Å². The topological polar surface area (TPSA) is 14.1 Å². The van der Waals surface area contributed by atoms with Crippen LogP contribution >= 0.6 is 0 Å². The molecule has 1 saturated carbocycles. The summed E-state index contributed by atoms with van der Waals surface area (Å²) in [4.78, 5) is 0. The number of nitrogens with zero attached hydrogens (tertiary/aromatic N) is 1. The standard InChI is InChI=1S/C9H17N.Y/c1-10-8-7-9-5-3-2-4-6-9;/h5,9H,2-4,6-8H2,1H3;/q-2;. The third-order valence-corrected chi connectivity index (χ3v) is 2.25. The molecule has 1 fully saturated rings. The quantitative estimate of drug-likeness (QED) is 0.659. The van der Waals surface area contributed by atoms with E-state index in [1.165, 1.54) is 32.1 Å². The summed E-state index contributed by atoms with van der Waals surface area (Å²) in [7, 11) is 1.91. The second-order valence-corrected chi connectivity index (χ2v) is 3.11. The van der Waals surface area contributed by atoms with Crippen LogP contribution in [0.5, 0.6) is 0 Å². The normalized spacial score (nSPS) is 24.3. The van der Waals surface area contributed by atoms with E-state index in [2.05, 4.69) is 11.7 Å². The van der Waals surface area contributed by atoms with Gasteiger partial charge in [0.05, 0.1) is 0 Å². The fraction of sp³-hybridized carbons (Fsp3) is 0.889. The molecule has 0 spiro atoms. The van der Waals surface area contributed by atoms with Gasteiger partial charge in [0, 0.05) is 32.7 Å². The zero-order chi connectivity index (χ0) is 7.23. The molecule has 1 unspecified atom stereocenters. The fourth-order valence-electron chi connectivity index (χ4n) is 1.58. The van der Waals surface area contributed by atoms with Crippen molar-refractivity contribution in [3.8, 4) is 0 Å². The maximum Gasteiger partial charge on any atom is 0 e. The van der Waals surface area contributed by atoms with E-state index in [-0.39, 0.29) is 32.7 Å². The van der Waals surface area contributed by atoms with Gasteiger partial charge in [-0.15, -0.1) is 0 Å². The van der Waals surface area contributed by atoms with Gasteiger partial charge in [-0.1, -0.05) is 25.7 Å². The van der Waals surface area contributed by atoms with E-state index in [0.717, 1.165) is 12.5 Å².